The van der Waals surface area contributed by atoms with Gasteiger partial charge in [-0.25, -0.2) is 9.78 Å². The Labute approximate surface area is 138 Å². The summed E-state index contributed by atoms with van der Waals surface area (Å²) < 4.78 is 5.62. The van der Waals surface area contributed by atoms with Gasteiger partial charge in [-0.2, -0.15) is 0 Å². The summed E-state index contributed by atoms with van der Waals surface area (Å²) in [6, 6.07) is 5.93. The molecule has 0 spiro atoms. The second-order valence-corrected chi connectivity index (χ2v) is 6.02. The van der Waals surface area contributed by atoms with Gasteiger partial charge in [-0.1, -0.05) is 12.1 Å². The molecule has 0 aliphatic rings. The minimum atomic E-state index is -1.07. The van der Waals surface area contributed by atoms with E-state index in [1.165, 1.54) is 16.7 Å². The highest BCUT2D eigenvalue weighted by Crippen LogP contribution is 2.19. The molecule has 1 aromatic carbocycles. The molecule has 2 aromatic rings. The topological polar surface area (TPSA) is 88.5 Å². The Balaban J connectivity index is 1.74. The number of ether oxygens (including phenoxy) is 1. The van der Waals surface area contributed by atoms with Crippen LogP contribution >= 0.6 is 11.3 Å². The fourth-order valence-corrected chi connectivity index (χ4v) is 2.58. The van der Waals surface area contributed by atoms with Crippen molar-refractivity contribution < 1.29 is 19.4 Å². The van der Waals surface area contributed by atoms with Crippen molar-refractivity contribution in [2.24, 2.45) is 0 Å². The number of carboxylic acids is 1. The van der Waals surface area contributed by atoms with Crippen LogP contribution in [0.25, 0.3) is 0 Å². The van der Waals surface area contributed by atoms with E-state index < -0.39 is 5.97 Å². The van der Waals surface area contributed by atoms with Gasteiger partial charge in [0.25, 0.3) is 0 Å². The molecule has 0 atom stereocenters. The number of thiazole rings is 1. The van der Waals surface area contributed by atoms with Crippen molar-refractivity contribution in [2.75, 3.05) is 6.61 Å². The number of hydrogen-bond donors (Lipinski definition) is 2. The van der Waals surface area contributed by atoms with E-state index in [9.17, 15) is 9.59 Å². The third kappa shape index (κ3) is 5.07. The van der Waals surface area contributed by atoms with Gasteiger partial charge in [0.15, 0.2) is 5.69 Å². The number of nitrogens with one attached hydrogen (secondary N) is 1. The molecule has 1 aromatic heterocycles. The van der Waals surface area contributed by atoms with Crippen LogP contribution in [-0.4, -0.2) is 28.6 Å². The molecule has 0 unspecified atom stereocenters. The Morgan fingerprint density at radius 1 is 1.35 bits per heavy atom. The average molecular weight is 334 g/mol. The van der Waals surface area contributed by atoms with Gasteiger partial charge in [0.2, 0.25) is 5.91 Å². The summed E-state index contributed by atoms with van der Waals surface area (Å²) in [5.41, 5.74) is 2.13. The van der Waals surface area contributed by atoms with Crippen molar-refractivity contribution >= 4 is 23.2 Å². The molecule has 6 nitrogen and oxygen atoms in total. The van der Waals surface area contributed by atoms with E-state index in [4.69, 9.17) is 9.84 Å². The van der Waals surface area contributed by atoms with Gasteiger partial charge in [-0.05, 0) is 31.0 Å². The van der Waals surface area contributed by atoms with Crippen LogP contribution < -0.4 is 10.1 Å². The van der Waals surface area contributed by atoms with Gasteiger partial charge in [0, 0.05) is 5.38 Å². The zero-order valence-electron chi connectivity index (χ0n) is 13.0. The number of rotatable bonds is 7. The maximum absolute atomic E-state index is 11.8. The molecule has 0 bridgehead atoms. The number of carboxylic acid groups (broad SMARTS) is 1. The third-order valence-corrected chi connectivity index (χ3v) is 3.99. The van der Waals surface area contributed by atoms with Crippen molar-refractivity contribution in [3.63, 3.8) is 0 Å². The SMILES string of the molecule is Cc1ccc(C)c(OCCC(=O)NCc2nc(C(=O)O)cs2)c1. The molecule has 0 fully saturated rings. The van der Waals surface area contributed by atoms with Crippen LogP contribution in [0.1, 0.15) is 33.0 Å². The minimum Gasteiger partial charge on any atom is -0.493 e. The number of nitrogens with zero attached hydrogens (tertiary/aromatic N) is 1. The first kappa shape index (κ1) is 17.0. The molecular weight excluding hydrogens is 316 g/mol. The van der Waals surface area contributed by atoms with E-state index in [0.29, 0.717) is 5.01 Å². The second kappa shape index (κ2) is 7.73. The molecule has 23 heavy (non-hydrogen) atoms. The van der Waals surface area contributed by atoms with Crippen molar-refractivity contribution in [3.8, 4) is 5.75 Å². The molecule has 2 rings (SSSR count). The molecule has 0 aliphatic carbocycles. The number of aromatic nitrogens is 1. The molecule has 0 radical (unpaired) electrons. The maximum atomic E-state index is 11.8. The summed E-state index contributed by atoms with van der Waals surface area (Å²) in [6.07, 6.45) is 0.227. The highest BCUT2D eigenvalue weighted by atomic mass is 32.1. The Hall–Kier alpha value is -2.41. The van der Waals surface area contributed by atoms with Crippen LogP contribution in [0.4, 0.5) is 0 Å². The number of hydrogen-bond acceptors (Lipinski definition) is 5. The van der Waals surface area contributed by atoms with Crippen LogP contribution in [0.5, 0.6) is 5.75 Å². The lowest BCUT2D eigenvalue weighted by Gasteiger charge is -2.09. The fraction of sp³-hybridized carbons (Fsp3) is 0.312. The van der Waals surface area contributed by atoms with E-state index in [1.807, 2.05) is 32.0 Å². The largest absolute Gasteiger partial charge is 0.493 e. The average Bonchev–Trinajstić information content (AvgIpc) is 2.98. The van der Waals surface area contributed by atoms with Gasteiger partial charge in [-0.15, -0.1) is 11.3 Å². The standard InChI is InChI=1S/C16H18N2O4S/c1-10-3-4-11(2)13(7-10)22-6-5-14(19)17-8-15-18-12(9-23-15)16(20)21/h3-4,7,9H,5-6,8H2,1-2H3,(H,17,19)(H,20,21). The predicted octanol–water partition coefficient (Wildman–Crippen LogP) is 2.54. The maximum Gasteiger partial charge on any atom is 0.355 e. The minimum absolute atomic E-state index is 0.00231. The highest BCUT2D eigenvalue weighted by molar-refractivity contribution is 7.09. The first-order valence-corrected chi connectivity index (χ1v) is 7.98. The van der Waals surface area contributed by atoms with E-state index in [2.05, 4.69) is 10.3 Å². The van der Waals surface area contributed by atoms with Gasteiger partial charge >= 0.3 is 5.97 Å². The Bertz CT molecular complexity index is 712. The molecule has 0 saturated heterocycles. The smallest absolute Gasteiger partial charge is 0.355 e. The van der Waals surface area contributed by atoms with E-state index in [-0.39, 0.29) is 31.2 Å². The van der Waals surface area contributed by atoms with Crippen LogP contribution in [0, 0.1) is 13.8 Å². The van der Waals surface area contributed by atoms with E-state index in [1.54, 1.807) is 0 Å². The van der Waals surface area contributed by atoms with Gasteiger partial charge in [0.1, 0.15) is 10.8 Å². The fourth-order valence-electron chi connectivity index (χ4n) is 1.87. The molecular formula is C16H18N2O4S. The van der Waals surface area contributed by atoms with Crippen LogP contribution in [0.3, 0.4) is 0 Å². The van der Waals surface area contributed by atoms with Gasteiger partial charge in [-0.3, -0.25) is 4.79 Å². The highest BCUT2D eigenvalue weighted by Gasteiger charge is 2.09. The monoisotopic (exact) mass is 334 g/mol. The molecule has 1 heterocycles. The third-order valence-electron chi connectivity index (χ3n) is 3.14. The number of carbonyl (C=O) groups excluding carboxylic acids is 1. The first-order chi connectivity index (χ1) is 11.0. The number of aromatic carboxylic acids is 1. The molecule has 7 heteroatoms. The molecule has 122 valence electrons. The summed E-state index contributed by atoms with van der Waals surface area (Å²) in [4.78, 5) is 26.4. The molecule has 0 saturated carbocycles. The molecule has 1 amide bonds. The predicted molar refractivity (Wildman–Crippen MR) is 86.9 cm³/mol. The zero-order valence-corrected chi connectivity index (χ0v) is 13.8. The van der Waals surface area contributed by atoms with Crippen molar-refractivity contribution in [1.29, 1.82) is 0 Å². The lowest BCUT2D eigenvalue weighted by Crippen LogP contribution is -2.24. The Morgan fingerprint density at radius 3 is 2.83 bits per heavy atom. The lowest BCUT2D eigenvalue weighted by molar-refractivity contribution is -0.121. The normalized spacial score (nSPS) is 10.3. The van der Waals surface area contributed by atoms with Crippen LogP contribution in [0.15, 0.2) is 23.6 Å². The quantitative estimate of drug-likeness (QED) is 0.812. The van der Waals surface area contributed by atoms with Crippen molar-refractivity contribution in [2.45, 2.75) is 26.8 Å². The van der Waals surface area contributed by atoms with Crippen LogP contribution in [-0.2, 0) is 11.3 Å². The zero-order chi connectivity index (χ0) is 16.8. The Morgan fingerprint density at radius 2 is 2.13 bits per heavy atom. The van der Waals surface area contributed by atoms with E-state index in [0.717, 1.165) is 16.9 Å². The summed E-state index contributed by atoms with van der Waals surface area (Å²) in [6.45, 7) is 4.45. The molecule has 0 aliphatic heterocycles. The number of benzene rings is 1. The number of amides is 1. The van der Waals surface area contributed by atoms with Crippen molar-refractivity contribution in [1.82, 2.24) is 10.3 Å². The lowest BCUT2D eigenvalue weighted by atomic mass is 10.1. The first-order valence-electron chi connectivity index (χ1n) is 7.10. The summed E-state index contributed by atoms with van der Waals surface area (Å²) in [7, 11) is 0. The summed E-state index contributed by atoms with van der Waals surface area (Å²) in [5.74, 6) is -0.452. The van der Waals surface area contributed by atoms with E-state index >= 15 is 0 Å². The van der Waals surface area contributed by atoms with Gasteiger partial charge < -0.3 is 15.2 Å². The van der Waals surface area contributed by atoms with Crippen molar-refractivity contribution in [3.05, 3.63) is 45.4 Å². The molecule has 2 N–H and O–H groups in total. The summed E-state index contributed by atoms with van der Waals surface area (Å²) in [5, 5.41) is 13.5. The summed E-state index contributed by atoms with van der Waals surface area (Å²) >= 11 is 1.21. The number of aryl methyl sites for hydroxylation is 2. The second-order valence-electron chi connectivity index (χ2n) is 5.08. The number of carbonyl (C=O) groups is 2. The van der Waals surface area contributed by atoms with Crippen LogP contribution in [0.2, 0.25) is 0 Å². The Kier molecular flexibility index (Phi) is 5.70. The van der Waals surface area contributed by atoms with Gasteiger partial charge in [0.05, 0.1) is 19.6 Å².